The number of hydrogen-bond donors (Lipinski definition) is 1. The Morgan fingerprint density at radius 1 is 1.23 bits per heavy atom. The number of nitrogens with zero attached hydrogens (tertiary/aromatic N) is 3. The molecule has 1 N–H and O–H groups in total. The van der Waals surface area contributed by atoms with E-state index in [1.54, 1.807) is 17.8 Å². The molecule has 2 aromatic carbocycles. The molecule has 1 aliphatic carbocycles. The fourth-order valence-electron chi connectivity index (χ4n) is 4.50. The molecule has 8 nitrogen and oxygen atoms in total. The Morgan fingerprint density at radius 3 is 2.69 bits per heavy atom. The van der Waals surface area contributed by atoms with Crippen molar-refractivity contribution in [3.63, 3.8) is 0 Å². The molecule has 1 aliphatic rings. The highest BCUT2D eigenvalue weighted by Gasteiger charge is 2.32. The van der Waals surface area contributed by atoms with Crippen LogP contribution in [0.2, 0.25) is 0 Å². The maximum absolute atomic E-state index is 12.5. The molecule has 2 atom stereocenters. The Bertz CT molecular complexity index is 1190. The van der Waals surface area contributed by atoms with E-state index in [9.17, 15) is 13.6 Å². The van der Waals surface area contributed by atoms with Gasteiger partial charge in [-0.15, -0.1) is 0 Å². The molecule has 3 aromatic rings. The van der Waals surface area contributed by atoms with E-state index in [1.165, 1.54) is 4.31 Å². The Kier molecular flexibility index (Phi) is 7.87. The summed E-state index contributed by atoms with van der Waals surface area (Å²) in [5.74, 6) is 0.454. The zero-order chi connectivity index (χ0) is 24.9. The third-order valence-corrected chi connectivity index (χ3v) is 6.73. The maximum Gasteiger partial charge on any atom is 0.327 e. The van der Waals surface area contributed by atoms with Gasteiger partial charge in [0.2, 0.25) is 0 Å². The number of carbonyl (C=O) groups excluding carboxylic acids is 1. The maximum atomic E-state index is 12.5. The zero-order valence-corrected chi connectivity index (χ0v) is 21.0. The topological polar surface area (TPSA) is 93.9 Å². The third-order valence-electron chi connectivity index (χ3n) is 5.93. The molecule has 0 bridgehead atoms. The predicted octanol–water partition coefficient (Wildman–Crippen LogP) is 4.92. The van der Waals surface area contributed by atoms with Crippen LogP contribution in [0.3, 0.4) is 0 Å². The highest BCUT2D eigenvalue weighted by Crippen LogP contribution is 2.38. The van der Waals surface area contributed by atoms with Gasteiger partial charge in [0.25, 0.3) is 11.3 Å². The van der Waals surface area contributed by atoms with Crippen LogP contribution in [0.4, 0.5) is 5.69 Å². The van der Waals surface area contributed by atoms with Gasteiger partial charge in [0.1, 0.15) is 12.3 Å². The SMILES string of the molecule is CCOC(=O)Cn1ncc2c1CCCC2N(c1ccc(-c2cccc(OC(C)C)c2)cc1)S(=O)O. The number of benzene rings is 2. The van der Waals surface area contributed by atoms with Crippen LogP contribution in [0.15, 0.2) is 54.7 Å². The number of anilines is 1. The Labute approximate surface area is 208 Å². The monoisotopic (exact) mass is 497 g/mol. The summed E-state index contributed by atoms with van der Waals surface area (Å²) in [6.07, 6.45) is 4.07. The summed E-state index contributed by atoms with van der Waals surface area (Å²) >= 11 is -2.24. The first kappa shape index (κ1) is 24.9. The third kappa shape index (κ3) is 5.74. The first-order valence-corrected chi connectivity index (χ1v) is 12.9. The molecule has 0 radical (unpaired) electrons. The average Bonchev–Trinajstić information content (AvgIpc) is 3.23. The van der Waals surface area contributed by atoms with Crippen LogP contribution in [0.25, 0.3) is 11.1 Å². The minimum Gasteiger partial charge on any atom is -0.491 e. The highest BCUT2D eigenvalue weighted by molar-refractivity contribution is 7.80. The lowest BCUT2D eigenvalue weighted by molar-refractivity contribution is -0.144. The van der Waals surface area contributed by atoms with Gasteiger partial charge in [-0.1, -0.05) is 24.3 Å². The van der Waals surface area contributed by atoms with Crippen molar-refractivity contribution in [1.29, 1.82) is 0 Å². The zero-order valence-electron chi connectivity index (χ0n) is 20.2. The largest absolute Gasteiger partial charge is 0.491 e. The normalized spacial score (nSPS) is 16.0. The quantitative estimate of drug-likeness (QED) is 0.333. The molecular formula is C26H31N3O5S. The van der Waals surface area contributed by atoms with E-state index in [4.69, 9.17) is 9.47 Å². The fourth-order valence-corrected chi connectivity index (χ4v) is 5.24. The number of esters is 1. The summed E-state index contributed by atoms with van der Waals surface area (Å²) in [6.45, 7) is 6.09. The Morgan fingerprint density at radius 2 is 2.00 bits per heavy atom. The Hall–Kier alpha value is -3.17. The van der Waals surface area contributed by atoms with Crippen LogP contribution in [-0.4, -0.2) is 37.2 Å². The summed E-state index contributed by atoms with van der Waals surface area (Å²) in [5.41, 5.74) is 4.40. The molecule has 1 heterocycles. The number of hydrogen-bond acceptors (Lipinski definition) is 5. The van der Waals surface area contributed by atoms with Gasteiger partial charge < -0.3 is 9.47 Å². The molecule has 0 aliphatic heterocycles. The number of rotatable bonds is 9. The van der Waals surface area contributed by atoms with Crippen molar-refractivity contribution in [2.45, 2.75) is 58.7 Å². The van der Waals surface area contributed by atoms with Crippen molar-refractivity contribution in [2.75, 3.05) is 10.9 Å². The second-order valence-electron chi connectivity index (χ2n) is 8.72. The molecule has 0 amide bonds. The van der Waals surface area contributed by atoms with Crippen molar-refractivity contribution in [3.05, 3.63) is 66.0 Å². The van der Waals surface area contributed by atoms with E-state index >= 15 is 0 Å². The molecule has 35 heavy (non-hydrogen) atoms. The van der Waals surface area contributed by atoms with E-state index in [2.05, 4.69) is 5.10 Å². The van der Waals surface area contributed by atoms with Gasteiger partial charge in [0, 0.05) is 11.3 Å². The van der Waals surface area contributed by atoms with Gasteiger partial charge >= 0.3 is 5.97 Å². The number of carbonyl (C=O) groups is 1. The lowest BCUT2D eigenvalue weighted by Crippen LogP contribution is -2.33. The molecule has 2 unspecified atom stereocenters. The lowest BCUT2D eigenvalue weighted by atomic mass is 9.92. The minimum atomic E-state index is -2.24. The van der Waals surface area contributed by atoms with Crippen molar-refractivity contribution in [2.24, 2.45) is 0 Å². The summed E-state index contributed by atoms with van der Waals surface area (Å²) in [5, 5.41) is 4.38. The van der Waals surface area contributed by atoms with Gasteiger partial charge in [0.05, 0.1) is 30.6 Å². The molecule has 0 fully saturated rings. The standard InChI is InChI=1S/C26H31N3O5S/c1-4-33-26(30)17-28-24-9-6-10-25(23(24)16-27-28)29(35(31)32)21-13-11-19(12-14-21)20-7-5-8-22(15-20)34-18(2)3/h5,7-8,11-16,18,25H,4,6,9-10,17H2,1-3H3,(H,31,32). The highest BCUT2D eigenvalue weighted by atomic mass is 32.2. The van der Waals surface area contributed by atoms with Crippen molar-refractivity contribution >= 4 is 22.9 Å². The van der Waals surface area contributed by atoms with Crippen LogP contribution in [0, 0.1) is 0 Å². The molecule has 0 saturated carbocycles. The van der Waals surface area contributed by atoms with Gasteiger partial charge in [-0.2, -0.15) is 5.10 Å². The molecule has 186 valence electrons. The van der Waals surface area contributed by atoms with Crippen LogP contribution in [0.1, 0.15) is 50.9 Å². The summed E-state index contributed by atoms with van der Waals surface area (Å²) in [6, 6.07) is 15.2. The number of ether oxygens (including phenoxy) is 2. The Balaban J connectivity index is 1.59. The first-order chi connectivity index (χ1) is 16.9. The minimum absolute atomic E-state index is 0.0341. The van der Waals surface area contributed by atoms with Gasteiger partial charge in [0.15, 0.2) is 0 Å². The van der Waals surface area contributed by atoms with Gasteiger partial charge in [-0.25, -0.2) is 4.21 Å². The molecule has 0 saturated heterocycles. The second kappa shape index (κ2) is 11.0. The fraction of sp³-hybridized carbons (Fsp3) is 0.385. The van der Waals surface area contributed by atoms with Crippen molar-refractivity contribution in [3.8, 4) is 16.9 Å². The number of aromatic nitrogens is 2. The van der Waals surface area contributed by atoms with Crippen LogP contribution >= 0.6 is 0 Å². The van der Waals surface area contributed by atoms with Crippen molar-refractivity contribution in [1.82, 2.24) is 9.78 Å². The van der Waals surface area contributed by atoms with Crippen LogP contribution < -0.4 is 9.04 Å². The smallest absolute Gasteiger partial charge is 0.327 e. The molecular weight excluding hydrogens is 466 g/mol. The second-order valence-corrected chi connectivity index (χ2v) is 9.57. The molecule has 0 spiro atoms. The summed E-state index contributed by atoms with van der Waals surface area (Å²) in [7, 11) is 0. The predicted molar refractivity (Wildman–Crippen MR) is 135 cm³/mol. The number of fused-ring (bicyclic) bond motifs is 1. The van der Waals surface area contributed by atoms with E-state index < -0.39 is 11.3 Å². The van der Waals surface area contributed by atoms with E-state index in [-0.39, 0.29) is 24.7 Å². The van der Waals surface area contributed by atoms with Crippen LogP contribution in [-0.2, 0) is 33.8 Å². The first-order valence-electron chi connectivity index (χ1n) is 11.8. The van der Waals surface area contributed by atoms with E-state index in [0.717, 1.165) is 41.0 Å². The van der Waals surface area contributed by atoms with Gasteiger partial charge in [-0.3, -0.25) is 18.3 Å². The van der Waals surface area contributed by atoms with Crippen molar-refractivity contribution < 1.29 is 23.0 Å². The molecule has 4 rings (SSSR count). The van der Waals surface area contributed by atoms with E-state index in [0.29, 0.717) is 18.7 Å². The van der Waals surface area contributed by atoms with Gasteiger partial charge in [-0.05, 0) is 75.4 Å². The molecule has 9 heteroatoms. The lowest BCUT2D eigenvalue weighted by Gasteiger charge is -2.33. The average molecular weight is 498 g/mol. The summed E-state index contributed by atoms with van der Waals surface area (Å²) in [4.78, 5) is 12.0. The molecule has 1 aromatic heterocycles. The summed E-state index contributed by atoms with van der Waals surface area (Å²) < 4.78 is 36.8. The van der Waals surface area contributed by atoms with E-state index in [1.807, 2.05) is 62.4 Å². The van der Waals surface area contributed by atoms with Crippen LogP contribution in [0.5, 0.6) is 5.75 Å².